The topological polar surface area (TPSA) is 265 Å². The van der Waals surface area contributed by atoms with Crippen LogP contribution in [-0.2, 0) is 35.2 Å². The molecule has 0 fully saturated rings. The van der Waals surface area contributed by atoms with Gasteiger partial charge in [-0.05, 0) is 0 Å². The molecule has 0 saturated heterocycles. The maximum absolute atomic E-state index is 12.8. The maximum Gasteiger partial charge on any atom is 0.326 e. The van der Waals surface area contributed by atoms with Gasteiger partial charge in [-0.1, -0.05) is 0 Å². The van der Waals surface area contributed by atoms with E-state index in [0.717, 1.165) is 0 Å². The van der Waals surface area contributed by atoms with Crippen LogP contribution in [0.25, 0.3) is 0 Å². The van der Waals surface area contributed by atoms with Gasteiger partial charge in [0.2, 0.25) is 29.5 Å². The predicted octanol–water partition coefficient (Wildman–Crippen LogP) is -4.50. The molecule has 1 rings (SSSR count). The Hall–Kier alpha value is -3.66. The Bertz CT molecular complexity index is 879. The fourth-order valence-corrected chi connectivity index (χ4v) is 2.81. The minimum absolute atomic E-state index is 0.0821. The molecule has 15 nitrogen and oxygen atoms in total. The van der Waals surface area contributed by atoms with Crippen molar-refractivity contribution in [1.29, 1.82) is 0 Å². The fourth-order valence-electron chi connectivity index (χ4n) is 2.55. The number of H-pyrrole nitrogens is 1. The Morgan fingerprint density at radius 1 is 0.939 bits per heavy atom. The quantitative estimate of drug-likeness (QED) is 0.114. The van der Waals surface area contributed by atoms with E-state index >= 15 is 0 Å². The summed E-state index contributed by atoms with van der Waals surface area (Å²) >= 11 is 3.98. The predicted molar refractivity (Wildman–Crippen MR) is 115 cm³/mol. The van der Waals surface area contributed by atoms with Crippen LogP contribution in [0.1, 0.15) is 18.5 Å². The average Bonchev–Trinajstić information content (AvgIpc) is 3.22. The van der Waals surface area contributed by atoms with Crippen molar-refractivity contribution in [2.24, 2.45) is 17.2 Å². The van der Waals surface area contributed by atoms with Crippen LogP contribution < -0.4 is 33.2 Å². The SMILES string of the molecule is NC(=O)CC(N)C(=O)NC(Cc1cnc[nH]1)C(=O)NC(CS)C(=O)NC(CC(N)=O)C(=O)O. The number of aliphatic carboxylic acids is 1. The molecule has 0 radical (unpaired) electrons. The third-order valence-corrected chi connectivity index (χ3v) is 4.57. The van der Waals surface area contributed by atoms with Gasteiger partial charge in [-0.25, -0.2) is 9.78 Å². The number of imidazole rings is 1. The van der Waals surface area contributed by atoms with Gasteiger partial charge in [-0.3, -0.25) is 24.0 Å². The Balaban J connectivity index is 2.94. The van der Waals surface area contributed by atoms with E-state index in [-0.39, 0.29) is 12.2 Å². The number of nitrogens with one attached hydrogen (secondary N) is 4. The number of amides is 5. The van der Waals surface area contributed by atoms with Crippen molar-refractivity contribution < 1.29 is 33.9 Å². The molecule has 11 N–H and O–H groups in total. The summed E-state index contributed by atoms with van der Waals surface area (Å²) in [5.74, 6) is -6.13. The third-order valence-electron chi connectivity index (χ3n) is 4.21. The second-order valence-electron chi connectivity index (χ2n) is 6.93. The van der Waals surface area contributed by atoms with Gasteiger partial charge in [-0.2, -0.15) is 12.6 Å². The van der Waals surface area contributed by atoms with Crippen molar-refractivity contribution in [3.05, 3.63) is 18.2 Å². The molecule has 0 aliphatic rings. The minimum atomic E-state index is -1.61. The van der Waals surface area contributed by atoms with Crippen molar-refractivity contribution in [2.75, 3.05) is 5.75 Å². The molecule has 5 amide bonds. The first-order chi connectivity index (χ1) is 15.4. The lowest BCUT2D eigenvalue weighted by Gasteiger charge is -2.24. The summed E-state index contributed by atoms with van der Waals surface area (Å²) in [4.78, 5) is 77.3. The van der Waals surface area contributed by atoms with E-state index in [0.29, 0.717) is 5.69 Å². The number of rotatable bonds is 14. The van der Waals surface area contributed by atoms with Crippen molar-refractivity contribution in [3.63, 3.8) is 0 Å². The van der Waals surface area contributed by atoms with Gasteiger partial charge in [0, 0.05) is 24.1 Å². The van der Waals surface area contributed by atoms with Crippen molar-refractivity contribution in [2.45, 2.75) is 43.4 Å². The molecule has 0 bridgehead atoms. The van der Waals surface area contributed by atoms with Gasteiger partial charge in [0.15, 0.2) is 0 Å². The third kappa shape index (κ3) is 9.56. The van der Waals surface area contributed by atoms with E-state index < -0.39 is 72.5 Å². The van der Waals surface area contributed by atoms with E-state index in [4.69, 9.17) is 22.3 Å². The molecule has 4 unspecified atom stereocenters. The number of primary amides is 2. The lowest BCUT2D eigenvalue weighted by Crippen LogP contribution is -2.58. The van der Waals surface area contributed by atoms with E-state index in [1.54, 1.807) is 0 Å². The molecule has 1 aromatic heterocycles. The number of carbonyl (C=O) groups excluding carboxylic acids is 5. The summed E-state index contributed by atoms with van der Waals surface area (Å²) in [6.07, 6.45) is 1.55. The number of nitrogens with zero attached hydrogens (tertiary/aromatic N) is 1. The van der Waals surface area contributed by atoms with Crippen molar-refractivity contribution in [1.82, 2.24) is 25.9 Å². The van der Waals surface area contributed by atoms with Crippen LogP contribution in [0.15, 0.2) is 12.5 Å². The zero-order valence-electron chi connectivity index (χ0n) is 17.3. The largest absolute Gasteiger partial charge is 0.480 e. The van der Waals surface area contributed by atoms with Gasteiger partial charge < -0.3 is 43.2 Å². The Kier molecular flexibility index (Phi) is 10.8. The molecule has 4 atom stereocenters. The van der Waals surface area contributed by atoms with Crippen LogP contribution in [0, 0.1) is 0 Å². The smallest absolute Gasteiger partial charge is 0.326 e. The molecule has 0 aromatic carbocycles. The number of carboxylic acids is 1. The molecule has 0 saturated carbocycles. The number of hydrogen-bond donors (Lipinski definition) is 9. The highest BCUT2D eigenvalue weighted by molar-refractivity contribution is 7.80. The maximum atomic E-state index is 12.8. The number of hydrogen-bond acceptors (Lipinski definition) is 9. The molecule has 1 aromatic rings. The van der Waals surface area contributed by atoms with Crippen LogP contribution >= 0.6 is 12.6 Å². The molecular weight excluding hydrogens is 460 g/mol. The molecule has 0 aliphatic carbocycles. The van der Waals surface area contributed by atoms with E-state index in [1.165, 1.54) is 12.5 Å². The molecule has 0 spiro atoms. The highest BCUT2D eigenvalue weighted by Gasteiger charge is 2.30. The van der Waals surface area contributed by atoms with E-state index in [1.807, 2.05) is 0 Å². The van der Waals surface area contributed by atoms with Crippen LogP contribution in [-0.4, -0.2) is 80.5 Å². The number of thiol groups is 1. The van der Waals surface area contributed by atoms with E-state index in [9.17, 15) is 28.8 Å². The average molecular weight is 487 g/mol. The monoisotopic (exact) mass is 486 g/mol. The molecule has 0 aliphatic heterocycles. The lowest BCUT2D eigenvalue weighted by atomic mass is 10.1. The molecule has 16 heteroatoms. The number of carbonyl (C=O) groups is 6. The normalized spacial score (nSPS) is 14.2. The summed E-state index contributed by atoms with van der Waals surface area (Å²) in [7, 11) is 0. The fraction of sp³-hybridized carbons (Fsp3) is 0.471. The van der Waals surface area contributed by atoms with Gasteiger partial charge in [0.25, 0.3) is 0 Å². The highest BCUT2D eigenvalue weighted by atomic mass is 32.1. The minimum Gasteiger partial charge on any atom is -0.480 e. The Morgan fingerprint density at radius 3 is 1.97 bits per heavy atom. The molecule has 33 heavy (non-hydrogen) atoms. The Labute approximate surface area is 193 Å². The zero-order chi connectivity index (χ0) is 25.1. The summed E-state index contributed by atoms with van der Waals surface area (Å²) in [6.45, 7) is 0. The summed E-state index contributed by atoms with van der Waals surface area (Å²) in [5.41, 5.74) is 16.1. The molecule has 1 heterocycles. The van der Waals surface area contributed by atoms with Crippen LogP contribution in [0.3, 0.4) is 0 Å². The zero-order valence-corrected chi connectivity index (χ0v) is 18.2. The highest BCUT2D eigenvalue weighted by Crippen LogP contribution is 2.03. The second kappa shape index (κ2) is 13.0. The first kappa shape index (κ1) is 27.4. The summed E-state index contributed by atoms with van der Waals surface area (Å²) < 4.78 is 0. The van der Waals surface area contributed by atoms with Gasteiger partial charge >= 0.3 is 5.97 Å². The standard InChI is InChI=1S/C17H26N8O7S/c18-8(2-12(19)26)14(28)23-9(1-7-4-21-6-22-7)15(29)25-11(5-33)16(30)24-10(17(31)32)3-13(20)27/h4,6,8-11,33H,1-3,5,18H2,(H2,19,26)(H2,20,27)(H,21,22)(H,23,28)(H,24,30)(H,25,29)(H,31,32). The summed E-state index contributed by atoms with van der Waals surface area (Å²) in [6, 6.07) is -5.50. The molecular formula is C17H26N8O7S. The first-order valence-corrected chi connectivity index (χ1v) is 10.1. The summed E-state index contributed by atoms with van der Waals surface area (Å²) in [5, 5.41) is 15.9. The van der Waals surface area contributed by atoms with Crippen molar-refractivity contribution in [3.8, 4) is 0 Å². The number of aromatic amines is 1. The van der Waals surface area contributed by atoms with Crippen LogP contribution in [0.5, 0.6) is 0 Å². The number of carboxylic acid groups (broad SMARTS) is 1. The Morgan fingerprint density at radius 2 is 1.48 bits per heavy atom. The van der Waals surface area contributed by atoms with Gasteiger partial charge in [0.1, 0.15) is 18.1 Å². The lowest BCUT2D eigenvalue weighted by molar-refractivity contribution is -0.143. The number of aromatic nitrogens is 2. The van der Waals surface area contributed by atoms with Crippen LogP contribution in [0.4, 0.5) is 0 Å². The second-order valence-corrected chi connectivity index (χ2v) is 7.30. The van der Waals surface area contributed by atoms with Gasteiger partial charge in [-0.15, -0.1) is 0 Å². The number of nitrogens with two attached hydrogens (primary N) is 3. The van der Waals surface area contributed by atoms with Crippen molar-refractivity contribution >= 4 is 48.1 Å². The van der Waals surface area contributed by atoms with Crippen LogP contribution in [0.2, 0.25) is 0 Å². The van der Waals surface area contributed by atoms with E-state index in [2.05, 4.69) is 38.5 Å². The first-order valence-electron chi connectivity index (χ1n) is 9.48. The van der Waals surface area contributed by atoms with Gasteiger partial charge in [0.05, 0.1) is 25.2 Å². The molecule has 182 valence electrons.